The summed E-state index contributed by atoms with van der Waals surface area (Å²) in [5.41, 5.74) is -1.01. The molecule has 0 amide bonds. The molecule has 6 heteroatoms. The number of rotatable bonds is 2. The van der Waals surface area contributed by atoms with E-state index in [0.717, 1.165) is 12.3 Å². The first-order chi connectivity index (χ1) is 6.02. The highest BCUT2D eigenvalue weighted by molar-refractivity contribution is 9.10. The Kier molecular flexibility index (Phi) is 2.92. The van der Waals surface area contributed by atoms with Crippen LogP contribution in [0, 0.1) is 0 Å². The third-order valence-corrected chi connectivity index (χ3v) is 1.80. The van der Waals surface area contributed by atoms with Gasteiger partial charge in [0, 0.05) is 6.20 Å². The van der Waals surface area contributed by atoms with Crippen molar-refractivity contribution in [2.75, 3.05) is 0 Å². The molecule has 0 fully saturated rings. The van der Waals surface area contributed by atoms with E-state index < -0.39 is 23.5 Å². The zero-order valence-corrected chi connectivity index (χ0v) is 7.75. The molecule has 1 aromatic rings. The molecule has 0 aliphatic heterocycles. The van der Waals surface area contributed by atoms with Gasteiger partial charge in [0.2, 0.25) is 0 Å². The van der Waals surface area contributed by atoms with Crippen LogP contribution >= 0.6 is 15.9 Å². The molecular formula is C7H4BrF2NO2. The Morgan fingerprint density at radius 3 is 2.69 bits per heavy atom. The summed E-state index contributed by atoms with van der Waals surface area (Å²) in [6.45, 7) is 0. The van der Waals surface area contributed by atoms with Gasteiger partial charge in [-0.3, -0.25) is 0 Å². The molecule has 0 unspecified atom stereocenters. The van der Waals surface area contributed by atoms with Gasteiger partial charge in [0.25, 0.3) is 6.43 Å². The summed E-state index contributed by atoms with van der Waals surface area (Å²) >= 11 is 2.89. The number of halogens is 3. The van der Waals surface area contributed by atoms with Crippen molar-refractivity contribution >= 4 is 21.9 Å². The number of alkyl halides is 2. The normalized spacial score (nSPS) is 10.5. The van der Waals surface area contributed by atoms with Crippen molar-refractivity contribution in [3.8, 4) is 0 Å². The number of nitrogens with zero attached hydrogens (tertiary/aromatic N) is 1. The van der Waals surface area contributed by atoms with Crippen molar-refractivity contribution in [1.29, 1.82) is 0 Å². The van der Waals surface area contributed by atoms with Gasteiger partial charge in [0.15, 0.2) is 0 Å². The molecule has 0 saturated heterocycles. The number of aromatic nitrogens is 1. The van der Waals surface area contributed by atoms with Gasteiger partial charge in [-0.1, -0.05) is 0 Å². The Morgan fingerprint density at radius 2 is 2.23 bits per heavy atom. The standard InChI is InChI=1S/C7H4BrF2NO2/c8-5-1-3(7(12)13)4(2-11-5)6(9)10/h1-2,6H,(H,12,13). The van der Waals surface area contributed by atoms with Crippen molar-refractivity contribution in [3.63, 3.8) is 0 Å². The predicted octanol–water partition coefficient (Wildman–Crippen LogP) is 2.48. The SMILES string of the molecule is O=C(O)c1cc(Br)ncc1C(F)F. The summed E-state index contributed by atoms with van der Waals surface area (Å²) < 4.78 is 24.6. The van der Waals surface area contributed by atoms with Crippen LogP contribution in [0.25, 0.3) is 0 Å². The zero-order valence-electron chi connectivity index (χ0n) is 6.17. The molecule has 0 bridgehead atoms. The van der Waals surface area contributed by atoms with Crippen LogP contribution in [0.1, 0.15) is 22.3 Å². The fourth-order valence-corrected chi connectivity index (χ4v) is 1.13. The minimum absolute atomic E-state index is 0.217. The Balaban J connectivity index is 3.27. The molecule has 0 spiro atoms. The highest BCUT2D eigenvalue weighted by Gasteiger charge is 2.18. The molecule has 0 atom stereocenters. The van der Waals surface area contributed by atoms with E-state index in [-0.39, 0.29) is 4.60 Å². The third kappa shape index (κ3) is 2.21. The zero-order chi connectivity index (χ0) is 10.0. The van der Waals surface area contributed by atoms with E-state index in [2.05, 4.69) is 20.9 Å². The van der Waals surface area contributed by atoms with E-state index in [1.54, 1.807) is 0 Å². The summed E-state index contributed by atoms with van der Waals surface area (Å²) in [4.78, 5) is 14.0. The molecule has 70 valence electrons. The van der Waals surface area contributed by atoms with Crippen LogP contribution in [0.4, 0.5) is 8.78 Å². The maximum Gasteiger partial charge on any atom is 0.336 e. The smallest absolute Gasteiger partial charge is 0.336 e. The monoisotopic (exact) mass is 251 g/mol. The second kappa shape index (κ2) is 3.78. The van der Waals surface area contributed by atoms with Crippen LogP contribution in [0.3, 0.4) is 0 Å². The summed E-state index contributed by atoms with van der Waals surface area (Å²) in [5.74, 6) is -1.39. The van der Waals surface area contributed by atoms with E-state index in [0.29, 0.717) is 0 Å². The van der Waals surface area contributed by atoms with Gasteiger partial charge in [0.1, 0.15) is 4.60 Å². The summed E-state index contributed by atoms with van der Waals surface area (Å²) in [6, 6.07) is 1.05. The maximum absolute atomic E-state index is 12.2. The molecule has 0 radical (unpaired) electrons. The van der Waals surface area contributed by atoms with E-state index >= 15 is 0 Å². The molecule has 0 saturated carbocycles. The highest BCUT2D eigenvalue weighted by Crippen LogP contribution is 2.23. The number of carbonyl (C=O) groups is 1. The predicted molar refractivity (Wildman–Crippen MR) is 43.9 cm³/mol. The molecular weight excluding hydrogens is 248 g/mol. The topological polar surface area (TPSA) is 50.2 Å². The fraction of sp³-hybridized carbons (Fsp3) is 0.143. The van der Waals surface area contributed by atoms with Gasteiger partial charge in [-0.15, -0.1) is 0 Å². The quantitative estimate of drug-likeness (QED) is 0.822. The lowest BCUT2D eigenvalue weighted by molar-refractivity contribution is 0.0684. The number of pyridine rings is 1. The van der Waals surface area contributed by atoms with Crippen molar-refractivity contribution < 1.29 is 18.7 Å². The van der Waals surface area contributed by atoms with Crippen LogP contribution in [-0.4, -0.2) is 16.1 Å². The number of hydrogen-bond acceptors (Lipinski definition) is 2. The molecule has 0 aromatic carbocycles. The van der Waals surface area contributed by atoms with Crippen LogP contribution in [-0.2, 0) is 0 Å². The Morgan fingerprint density at radius 1 is 1.62 bits per heavy atom. The summed E-state index contributed by atoms with van der Waals surface area (Å²) in [5, 5.41) is 8.56. The summed E-state index contributed by atoms with van der Waals surface area (Å²) in [6.07, 6.45) is -1.98. The van der Waals surface area contributed by atoms with Crippen molar-refractivity contribution in [1.82, 2.24) is 4.98 Å². The van der Waals surface area contributed by atoms with E-state index in [1.165, 1.54) is 0 Å². The highest BCUT2D eigenvalue weighted by atomic mass is 79.9. The van der Waals surface area contributed by atoms with Crippen LogP contribution in [0.5, 0.6) is 0 Å². The number of aromatic carboxylic acids is 1. The Labute approximate surface area is 80.5 Å². The van der Waals surface area contributed by atoms with Gasteiger partial charge in [-0.2, -0.15) is 0 Å². The average Bonchev–Trinajstić information content (AvgIpc) is 2.03. The second-order valence-corrected chi connectivity index (χ2v) is 3.01. The van der Waals surface area contributed by atoms with Gasteiger partial charge < -0.3 is 5.11 Å². The first-order valence-electron chi connectivity index (χ1n) is 3.19. The molecule has 0 aliphatic carbocycles. The average molecular weight is 252 g/mol. The van der Waals surface area contributed by atoms with Gasteiger partial charge in [-0.05, 0) is 22.0 Å². The minimum atomic E-state index is -2.83. The first kappa shape index (κ1) is 10.0. The minimum Gasteiger partial charge on any atom is -0.478 e. The number of hydrogen-bond donors (Lipinski definition) is 1. The van der Waals surface area contributed by atoms with E-state index in [1.807, 2.05) is 0 Å². The lowest BCUT2D eigenvalue weighted by Gasteiger charge is -2.03. The lowest BCUT2D eigenvalue weighted by Crippen LogP contribution is -2.03. The Hall–Kier alpha value is -1.04. The molecule has 1 aromatic heterocycles. The summed E-state index contributed by atoms with van der Waals surface area (Å²) in [7, 11) is 0. The van der Waals surface area contributed by atoms with Crippen LogP contribution in [0.15, 0.2) is 16.9 Å². The maximum atomic E-state index is 12.2. The molecule has 1 N–H and O–H groups in total. The van der Waals surface area contributed by atoms with Gasteiger partial charge in [0.05, 0.1) is 11.1 Å². The second-order valence-electron chi connectivity index (χ2n) is 2.20. The largest absolute Gasteiger partial charge is 0.478 e. The number of carboxylic acids is 1. The van der Waals surface area contributed by atoms with Crippen molar-refractivity contribution in [3.05, 3.63) is 28.0 Å². The van der Waals surface area contributed by atoms with E-state index in [9.17, 15) is 13.6 Å². The molecule has 0 aliphatic rings. The molecule has 1 rings (SSSR count). The van der Waals surface area contributed by atoms with Crippen molar-refractivity contribution in [2.45, 2.75) is 6.43 Å². The fourth-order valence-electron chi connectivity index (χ4n) is 0.800. The molecule has 13 heavy (non-hydrogen) atoms. The van der Waals surface area contributed by atoms with Gasteiger partial charge in [-0.25, -0.2) is 18.6 Å². The van der Waals surface area contributed by atoms with Crippen molar-refractivity contribution in [2.24, 2.45) is 0 Å². The third-order valence-electron chi connectivity index (χ3n) is 1.37. The van der Waals surface area contributed by atoms with Crippen LogP contribution < -0.4 is 0 Å². The van der Waals surface area contributed by atoms with E-state index in [4.69, 9.17) is 5.11 Å². The van der Waals surface area contributed by atoms with Gasteiger partial charge >= 0.3 is 5.97 Å². The molecule has 1 heterocycles. The lowest BCUT2D eigenvalue weighted by atomic mass is 10.1. The Bertz CT molecular complexity index is 343. The van der Waals surface area contributed by atoms with Crippen LogP contribution in [0.2, 0.25) is 0 Å². The number of carboxylic acid groups (broad SMARTS) is 1. The molecule has 3 nitrogen and oxygen atoms in total. The first-order valence-corrected chi connectivity index (χ1v) is 3.98.